The molecule has 1 heterocycles. The second kappa shape index (κ2) is 6.58. The largest absolute Gasteiger partial charge is 0.469 e. The van der Waals surface area contributed by atoms with E-state index in [0.29, 0.717) is 0 Å². The summed E-state index contributed by atoms with van der Waals surface area (Å²) in [7, 11) is 3.66. The summed E-state index contributed by atoms with van der Waals surface area (Å²) in [4.78, 5) is 34.7. The first-order valence-electron chi connectivity index (χ1n) is 5.44. The number of esters is 3. The highest BCUT2D eigenvalue weighted by Gasteiger charge is 2.34. The van der Waals surface area contributed by atoms with Gasteiger partial charge in [0.1, 0.15) is 0 Å². The first kappa shape index (κ1) is 14.7. The van der Waals surface area contributed by atoms with Gasteiger partial charge < -0.3 is 19.5 Å². The van der Waals surface area contributed by atoms with Gasteiger partial charge in [-0.2, -0.15) is 0 Å². The third kappa shape index (κ3) is 3.34. The summed E-state index contributed by atoms with van der Waals surface area (Å²) >= 11 is 0. The molecule has 0 spiro atoms. The molecule has 1 aliphatic rings. The summed E-state index contributed by atoms with van der Waals surface area (Å²) in [5, 5.41) is 2.66. The maximum absolute atomic E-state index is 11.6. The highest BCUT2D eigenvalue weighted by Crippen LogP contribution is 2.28. The lowest BCUT2D eigenvalue weighted by Crippen LogP contribution is -2.29. The molecule has 7 heteroatoms. The van der Waals surface area contributed by atoms with E-state index in [1.807, 2.05) is 0 Å². The molecule has 0 saturated heterocycles. The van der Waals surface area contributed by atoms with E-state index in [0.717, 1.165) is 0 Å². The van der Waals surface area contributed by atoms with E-state index < -0.39 is 23.8 Å². The average Bonchev–Trinajstić information content (AvgIpc) is 2.45. The molecule has 19 heavy (non-hydrogen) atoms. The standard InChI is InChI=1S/C12H15NO6/c1-17-10(14)4-7-8(11(15)18-2)5-13-6-9(7)12(16)19-3/h5-7,13H,4H2,1-3H3. The van der Waals surface area contributed by atoms with Crippen molar-refractivity contribution < 1.29 is 28.6 Å². The lowest BCUT2D eigenvalue weighted by Gasteiger charge is -2.22. The number of rotatable bonds is 4. The highest BCUT2D eigenvalue weighted by molar-refractivity contribution is 5.97. The first-order chi connectivity index (χ1) is 9.04. The van der Waals surface area contributed by atoms with Crippen molar-refractivity contribution in [3.63, 3.8) is 0 Å². The molecular weight excluding hydrogens is 254 g/mol. The number of carbonyl (C=O) groups excluding carboxylic acids is 3. The molecule has 7 nitrogen and oxygen atoms in total. The molecule has 1 aliphatic heterocycles. The molecule has 0 aromatic rings. The molecule has 0 aromatic heterocycles. The Labute approximate surface area is 110 Å². The molecule has 1 rings (SSSR count). The van der Waals surface area contributed by atoms with Crippen LogP contribution in [0.3, 0.4) is 0 Å². The van der Waals surface area contributed by atoms with Gasteiger partial charge in [-0.05, 0) is 0 Å². The Kier molecular flexibility index (Phi) is 5.11. The number of methoxy groups -OCH3 is 3. The Balaban J connectivity index is 3.05. The van der Waals surface area contributed by atoms with E-state index in [-0.39, 0.29) is 17.6 Å². The Bertz CT molecular complexity index is 419. The molecule has 0 amide bonds. The number of carbonyl (C=O) groups is 3. The van der Waals surface area contributed by atoms with Crippen LogP contribution in [0.2, 0.25) is 0 Å². The summed E-state index contributed by atoms with van der Waals surface area (Å²) < 4.78 is 13.8. The van der Waals surface area contributed by atoms with Crippen molar-refractivity contribution in [2.45, 2.75) is 6.42 Å². The summed E-state index contributed by atoms with van der Waals surface area (Å²) in [6.07, 6.45) is 2.61. The van der Waals surface area contributed by atoms with Crippen LogP contribution in [0.15, 0.2) is 23.5 Å². The minimum Gasteiger partial charge on any atom is -0.469 e. The summed E-state index contributed by atoms with van der Waals surface area (Å²) in [6, 6.07) is 0. The van der Waals surface area contributed by atoms with Crippen molar-refractivity contribution in [1.82, 2.24) is 5.32 Å². The molecule has 0 atom stereocenters. The Hall–Kier alpha value is -2.31. The predicted octanol–water partition coefficient (Wildman–Crippen LogP) is -0.117. The number of nitrogens with one attached hydrogen (secondary N) is 1. The van der Waals surface area contributed by atoms with Gasteiger partial charge in [-0.3, -0.25) is 4.79 Å². The number of dihydropyridines is 1. The second-order valence-corrected chi connectivity index (χ2v) is 3.68. The monoisotopic (exact) mass is 269 g/mol. The summed E-state index contributed by atoms with van der Waals surface area (Å²) in [6.45, 7) is 0. The number of hydrogen-bond acceptors (Lipinski definition) is 7. The Morgan fingerprint density at radius 2 is 1.47 bits per heavy atom. The fourth-order valence-corrected chi connectivity index (χ4v) is 1.70. The zero-order valence-electron chi connectivity index (χ0n) is 10.9. The molecular formula is C12H15NO6. The minimum absolute atomic E-state index is 0.153. The molecule has 0 fully saturated rings. The van der Waals surface area contributed by atoms with Crippen LogP contribution in [0.1, 0.15) is 6.42 Å². The van der Waals surface area contributed by atoms with Crippen molar-refractivity contribution in [2.75, 3.05) is 21.3 Å². The quantitative estimate of drug-likeness (QED) is 0.562. The van der Waals surface area contributed by atoms with E-state index in [9.17, 15) is 14.4 Å². The molecule has 104 valence electrons. The molecule has 0 aliphatic carbocycles. The van der Waals surface area contributed by atoms with Gasteiger partial charge in [0.2, 0.25) is 0 Å². The number of hydrogen-bond donors (Lipinski definition) is 1. The van der Waals surface area contributed by atoms with Crippen molar-refractivity contribution in [3.05, 3.63) is 23.5 Å². The third-order valence-electron chi connectivity index (χ3n) is 2.67. The van der Waals surface area contributed by atoms with E-state index in [4.69, 9.17) is 0 Å². The molecule has 1 N–H and O–H groups in total. The maximum atomic E-state index is 11.6. The third-order valence-corrected chi connectivity index (χ3v) is 2.67. The zero-order chi connectivity index (χ0) is 14.4. The van der Waals surface area contributed by atoms with Crippen LogP contribution in [0.25, 0.3) is 0 Å². The highest BCUT2D eigenvalue weighted by atomic mass is 16.5. The molecule has 0 aromatic carbocycles. The molecule has 0 radical (unpaired) electrons. The van der Waals surface area contributed by atoms with Crippen molar-refractivity contribution in [3.8, 4) is 0 Å². The van der Waals surface area contributed by atoms with Gasteiger partial charge in [-0.15, -0.1) is 0 Å². The predicted molar refractivity (Wildman–Crippen MR) is 63.5 cm³/mol. The Morgan fingerprint density at radius 1 is 1.00 bits per heavy atom. The Morgan fingerprint density at radius 3 is 1.84 bits per heavy atom. The topological polar surface area (TPSA) is 90.9 Å². The normalized spacial score (nSPS) is 14.7. The average molecular weight is 269 g/mol. The second-order valence-electron chi connectivity index (χ2n) is 3.68. The lowest BCUT2D eigenvalue weighted by molar-refractivity contribution is -0.142. The lowest BCUT2D eigenvalue weighted by atomic mass is 9.87. The van der Waals surface area contributed by atoms with E-state index >= 15 is 0 Å². The van der Waals surface area contributed by atoms with Crippen LogP contribution < -0.4 is 5.32 Å². The van der Waals surface area contributed by atoms with Gasteiger partial charge in [0.25, 0.3) is 0 Å². The maximum Gasteiger partial charge on any atom is 0.335 e. The van der Waals surface area contributed by atoms with Crippen molar-refractivity contribution >= 4 is 17.9 Å². The zero-order valence-corrected chi connectivity index (χ0v) is 10.9. The van der Waals surface area contributed by atoms with Crippen LogP contribution in [0.4, 0.5) is 0 Å². The van der Waals surface area contributed by atoms with E-state index in [1.165, 1.54) is 33.7 Å². The van der Waals surface area contributed by atoms with Crippen LogP contribution in [0, 0.1) is 5.92 Å². The van der Waals surface area contributed by atoms with Gasteiger partial charge in [0.15, 0.2) is 0 Å². The smallest absolute Gasteiger partial charge is 0.335 e. The van der Waals surface area contributed by atoms with Gasteiger partial charge in [0, 0.05) is 18.3 Å². The number of ether oxygens (including phenoxy) is 3. The van der Waals surface area contributed by atoms with E-state index in [2.05, 4.69) is 19.5 Å². The van der Waals surface area contributed by atoms with E-state index in [1.54, 1.807) is 0 Å². The van der Waals surface area contributed by atoms with Crippen LogP contribution in [-0.4, -0.2) is 39.2 Å². The molecule has 0 saturated carbocycles. The summed E-state index contributed by atoms with van der Waals surface area (Å²) in [5.41, 5.74) is 0.326. The van der Waals surface area contributed by atoms with Gasteiger partial charge in [-0.1, -0.05) is 0 Å². The minimum atomic E-state index is -0.756. The first-order valence-corrected chi connectivity index (χ1v) is 5.44. The molecule has 0 bridgehead atoms. The van der Waals surface area contributed by atoms with Crippen LogP contribution in [0.5, 0.6) is 0 Å². The van der Waals surface area contributed by atoms with Gasteiger partial charge >= 0.3 is 17.9 Å². The van der Waals surface area contributed by atoms with Crippen molar-refractivity contribution in [2.24, 2.45) is 5.92 Å². The fourth-order valence-electron chi connectivity index (χ4n) is 1.70. The molecule has 0 unspecified atom stereocenters. The van der Waals surface area contributed by atoms with Crippen molar-refractivity contribution in [1.29, 1.82) is 0 Å². The summed E-state index contributed by atoms with van der Waals surface area (Å²) in [5.74, 6) is -2.56. The van der Waals surface area contributed by atoms with Gasteiger partial charge in [-0.25, -0.2) is 9.59 Å². The fraction of sp³-hybridized carbons (Fsp3) is 0.417. The SMILES string of the molecule is COC(=O)CC1C(C(=O)OC)=CNC=C1C(=O)OC. The van der Waals surface area contributed by atoms with Crippen LogP contribution in [-0.2, 0) is 28.6 Å². The van der Waals surface area contributed by atoms with Gasteiger partial charge in [0.05, 0.1) is 38.9 Å². The van der Waals surface area contributed by atoms with Crippen LogP contribution >= 0.6 is 0 Å².